The molecule has 0 aromatic heterocycles. The summed E-state index contributed by atoms with van der Waals surface area (Å²) in [5.74, 6) is 0.542. The second-order valence-electron chi connectivity index (χ2n) is 5.96. The highest BCUT2D eigenvalue weighted by molar-refractivity contribution is 5.81. The van der Waals surface area contributed by atoms with E-state index >= 15 is 0 Å². The molecule has 1 rings (SSSR count). The predicted octanol–water partition coefficient (Wildman–Crippen LogP) is 2.96. The zero-order valence-corrected chi connectivity index (χ0v) is 13.3. The Kier molecular flexibility index (Phi) is 5.03. The van der Waals surface area contributed by atoms with Gasteiger partial charge >= 0.3 is 0 Å². The first-order valence-corrected chi connectivity index (χ1v) is 7.01. The largest absolute Gasteiger partial charge is 0.481 e. The molecule has 0 aliphatic heterocycles. The van der Waals surface area contributed by atoms with E-state index in [1.807, 2.05) is 40.7 Å². The highest BCUT2D eigenvalue weighted by Crippen LogP contribution is 2.25. The minimum atomic E-state index is -0.554. The smallest absolute Gasteiger partial charge is 0.261 e. The molecule has 0 bridgehead atoms. The van der Waals surface area contributed by atoms with Crippen molar-refractivity contribution >= 4 is 11.6 Å². The first kappa shape index (κ1) is 16.3. The number of nitrogens with one attached hydrogen (secondary N) is 1. The van der Waals surface area contributed by atoms with Crippen LogP contribution in [-0.2, 0) is 4.79 Å². The molecule has 0 aliphatic rings. The van der Waals surface area contributed by atoms with Crippen LogP contribution in [0.15, 0.2) is 12.1 Å². The van der Waals surface area contributed by atoms with Crippen LogP contribution in [0.4, 0.5) is 5.69 Å². The molecule has 0 saturated carbocycles. The van der Waals surface area contributed by atoms with Gasteiger partial charge in [0.2, 0.25) is 0 Å². The molecule has 3 N–H and O–H groups in total. The van der Waals surface area contributed by atoms with E-state index in [0.29, 0.717) is 11.4 Å². The lowest BCUT2D eigenvalue weighted by Gasteiger charge is -2.27. The van der Waals surface area contributed by atoms with Crippen molar-refractivity contribution in [3.05, 3.63) is 23.3 Å². The van der Waals surface area contributed by atoms with Crippen molar-refractivity contribution in [2.24, 2.45) is 0 Å². The van der Waals surface area contributed by atoms with Crippen molar-refractivity contribution in [3.63, 3.8) is 0 Å². The Hall–Kier alpha value is -1.71. The monoisotopic (exact) mass is 278 g/mol. The van der Waals surface area contributed by atoms with Gasteiger partial charge in [0.15, 0.2) is 6.10 Å². The third kappa shape index (κ3) is 4.15. The molecule has 0 spiro atoms. The third-order valence-electron chi connectivity index (χ3n) is 3.58. The Morgan fingerprint density at radius 3 is 2.50 bits per heavy atom. The average Bonchev–Trinajstić information content (AvgIpc) is 2.35. The van der Waals surface area contributed by atoms with E-state index in [4.69, 9.17) is 10.5 Å². The van der Waals surface area contributed by atoms with Crippen molar-refractivity contribution in [1.29, 1.82) is 0 Å². The summed E-state index contributed by atoms with van der Waals surface area (Å²) in [5, 5.41) is 2.98. The summed E-state index contributed by atoms with van der Waals surface area (Å²) in [7, 11) is 0. The zero-order chi connectivity index (χ0) is 15.5. The molecule has 0 saturated heterocycles. The quantitative estimate of drug-likeness (QED) is 0.814. The Labute approximate surface area is 121 Å². The topological polar surface area (TPSA) is 64.3 Å². The van der Waals surface area contributed by atoms with Crippen LogP contribution in [0.5, 0.6) is 5.75 Å². The fraction of sp³-hybridized carbons (Fsp3) is 0.562. The van der Waals surface area contributed by atoms with Crippen LogP contribution >= 0.6 is 0 Å². The Morgan fingerprint density at radius 2 is 1.95 bits per heavy atom. The van der Waals surface area contributed by atoms with Gasteiger partial charge in [0.1, 0.15) is 5.75 Å². The molecule has 0 aliphatic carbocycles. The van der Waals surface area contributed by atoms with Crippen LogP contribution in [0, 0.1) is 13.8 Å². The van der Waals surface area contributed by atoms with Gasteiger partial charge in [0.25, 0.3) is 5.91 Å². The average molecular weight is 278 g/mol. The number of carbonyl (C=O) groups is 1. The zero-order valence-electron chi connectivity index (χ0n) is 13.3. The first-order chi connectivity index (χ1) is 9.16. The minimum Gasteiger partial charge on any atom is -0.481 e. The molecular weight excluding hydrogens is 252 g/mol. The summed E-state index contributed by atoms with van der Waals surface area (Å²) in [5.41, 5.74) is 8.32. The molecule has 0 heterocycles. The number of rotatable bonds is 5. The fourth-order valence-electron chi connectivity index (χ4n) is 1.74. The summed E-state index contributed by atoms with van der Waals surface area (Å²) in [6.45, 7) is 11.7. The molecule has 4 nitrogen and oxygen atoms in total. The van der Waals surface area contributed by atoms with E-state index in [1.165, 1.54) is 0 Å². The van der Waals surface area contributed by atoms with E-state index in [9.17, 15) is 4.79 Å². The Bertz CT molecular complexity index is 495. The number of anilines is 1. The number of nitrogen functional groups attached to an aromatic ring is 1. The van der Waals surface area contributed by atoms with Crippen molar-refractivity contribution in [2.75, 3.05) is 5.73 Å². The van der Waals surface area contributed by atoms with E-state index in [0.717, 1.165) is 17.5 Å². The van der Waals surface area contributed by atoms with Gasteiger partial charge in [-0.25, -0.2) is 0 Å². The predicted molar refractivity (Wildman–Crippen MR) is 82.9 cm³/mol. The maximum absolute atomic E-state index is 12.1. The molecular formula is C16H26N2O2. The van der Waals surface area contributed by atoms with E-state index in [1.54, 1.807) is 13.0 Å². The number of hydrogen-bond acceptors (Lipinski definition) is 3. The summed E-state index contributed by atoms with van der Waals surface area (Å²) in [4.78, 5) is 12.1. The molecule has 1 atom stereocenters. The van der Waals surface area contributed by atoms with Gasteiger partial charge < -0.3 is 15.8 Å². The molecule has 1 aromatic carbocycles. The van der Waals surface area contributed by atoms with Crippen LogP contribution < -0.4 is 15.8 Å². The van der Waals surface area contributed by atoms with Crippen molar-refractivity contribution in [2.45, 2.75) is 59.6 Å². The van der Waals surface area contributed by atoms with Gasteiger partial charge in [-0.2, -0.15) is 0 Å². The second kappa shape index (κ2) is 6.16. The number of ether oxygens (including phenoxy) is 1. The van der Waals surface area contributed by atoms with Gasteiger partial charge in [-0.15, -0.1) is 0 Å². The normalized spacial score (nSPS) is 12.9. The summed E-state index contributed by atoms with van der Waals surface area (Å²) < 4.78 is 5.74. The van der Waals surface area contributed by atoms with Crippen LogP contribution in [-0.4, -0.2) is 17.6 Å². The summed E-state index contributed by atoms with van der Waals surface area (Å²) in [6.07, 6.45) is 0.309. The summed E-state index contributed by atoms with van der Waals surface area (Å²) in [6, 6.07) is 3.74. The number of hydrogen-bond donors (Lipinski definition) is 2. The van der Waals surface area contributed by atoms with Gasteiger partial charge in [-0.3, -0.25) is 4.79 Å². The molecule has 0 radical (unpaired) electrons. The molecule has 1 aromatic rings. The van der Waals surface area contributed by atoms with Crippen molar-refractivity contribution in [1.82, 2.24) is 5.32 Å². The third-order valence-corrected chi connectivity index (χ3v) is 3.58. The Balaban J connectivity index is 2.78. The van der Waals surface area contributed by atoms with Gasteiger partial charge in [0, 0.05) is 17.3 Å². The minimum absolute atomic E-state index is 0.115. The number of carbonyl (C=O) groups excluding carboxylic acids is 1. The highest BCUT2D eigenvalue weighted by atomic mass is 16.5. The fourth-order valence-corrected chi connectivity index (χ4v) is 1.74. The molecule has 1 amide bonds. The first-order valence-electron chi connectivity index (χ1n) is 7.01. The molecule has 1 unspecified atom stereocenters. The lowest BCUT2D eigenvalue weighted by atomic mass is 10.0. The maximum Gasteiger partial charge on any atom is 0.261 e. The number of nitrogens with two attached hydrogens (primary N) is 1. The standard InChI is InChI=1S/C16H26N2O2/c1-7-16(5,6)18-15(19)12(4)20-14-9-13(17)10(2)8-11(14)3/h8-9,12H,7,17H2,1-6H3,(H,18,19). The number of aryl methyl sites for hydroxylation is 2. The van der Waals surface area contributed by atoms with Gasteiger partial charge in [0.05, 0.1) is 0 Å². The van der Waals surface area contributed by atoms with Crippen LogP contribution in [0.1, 0.15) is 45.2 Å². The number of amides is 1. The van der Waals surface area contributed by atoms with E-state index in [-0.39, 0.29) is 11.4 Å². The lowest BCUT2D eigenvalue weighted by Crippen LogP contribution is -2.48. The maximum atomic E-state index is 12.1. The molecule has 4 heteroatoms. The second-order valence-corrected chi connectivity index (χ2v) is 5.96. The summed E-state index contributed by atoms with van der Waals surface area (Å²) >= 11 is 0. The number of benzene rings is 1. The van der Waals surface area contributed by atoms with Crippen molar-refractivity contribution < 1.29 is 9.53 Å². The van der Waals surface area contributed by atoms with E-state index in [2.05, 4.69) is 5.32 Å². The Morgan fingerprint density at radius 1 is 1.35 bits per heavy atom. The van der Waals surface area contributed by atoms with Crippen LogP contribution in [0.25, 0.3) is 0 Å². The van der Waals surface area contributed by atoms with Crippen molar-refractivity contribution in [3.8, 4) is 5.75 Å². The highest BCUT2D eigenvalue weighted by Gasteiger charge is 2.23. The molecule has 112 valence electrons. The lowest BCUT2D eigenvalue weighted by molar-refractivity contribution is -0.129. The SMILES string of the molecule is CCC(C)(C)NC(=O)C(C)Oc1cc(N)c(C)cc1C. The van der Waals surface area contributed by atoms with Crippen LogP contribution in [0.3, 0.4) is 0 Å². The van der Waals surface area contributed by atoms with Gasteiger partial charge in [-0.1, -0.05) is 13.0 Å². The van der Waals surface area contributed by atoms with Gasteiger partial charge in [-0.05, 0) is 52.2 Å². The van der Waals surface area contributed by atoms with E-state index < -0.39 is 6.10 Å². The molecule has 0 fully saturated rings. The van der Waals surface area contributed by atoms with Crippen LogP contribution in [0.2, 0.25) is 0 Å². The molecule has 20 heavy (non-hydrogen) atoms.